The number of nitro groups is 2. The van der Waals surface area contributed by atoms with E-state index in [1.807, 2.05) is 0 Å². The molecule has 0 radical (unpaired) electrons. The van der Waals surface area contributed by atoms with Gasteiger partial charge in [-0.2, -0.15) is 0 Å². The molecular weight excluding hydrogens is 762 g/mol. The van der Waals surface area contributed by atoms with Crippen LogP contribution in [0.4, 0.5) is 22.7 Å². The Bertz CT molecular complexity index is 2150. The van der Waals surface area contributed by atoms with Crippen molar-refractivity contribution >= 4 is 92.8 Å². The number of hydrazine groups is 1. The number of nitro benzene ring substituents is 2. The summed E-state index contributed by atoms with van der Waals surface area (Å²) in [6.45, 7) is 0. The van der Waals surface area contributed by atoms with E-state index in [1.54, 1.807) is 0 Å². The van der Waals surface area contributed by atoms with Gasteiger partial charge >= 0.3 is 0 Å². The summed E-state index contributed by atoms with van der Waals surface area (Å²) in [6, 6.07) is 14.2. The predicted octanol–water partition coefficient (Wildman–Crippen LogP) is 6.56. The summed E-state index contributed by atoms with van der Waals surface area (Å²) >= 11 is 24.8. The highest BCUT2D eigenvalue weighted by molar-refractivity contribution is 6.43. The van der Waals surface area contributed by atoms with Crippen LogP contribution in [0.2, 0.25) is 20.1 Å². The Morgan fingerprint density at radius 3 is 1.21 bits per heavy atom. The molecule has 0 aliphatic carbocycles. The third-order valence-corrected chi connectivity index (χ3v) is 11.4. The van der Waals surface area contributed by atoms with E-state index in [0.29, 0.717) is 0 Å². The first-order valence-electron chi connectivity index (χ1n) is 15.5. The molecule has 4 aromatic carbocycles. The Hall–Kier alpha value is -4.96. The number of carbonyl (C=O) groups excluding carboxylic acids is 4. The van der Waals surface area contributed by atoms with Crippen molar-refractivity contribution in [1.82, 2.24) is 10.0 Å². The number of fused-ring (bicyclic) bond motifs is 5. The van der Waals surface area contributed by atoms with E-state index in [-0.39, 0.29) is 54.0 Å². The fraction of sp³-hybridized carbons (Fsp3) is 0.176. The van der Waals surface area contributed by atoms with Crippen LogP contribution in [0.25, 0.3) is 0 Å². The molecule has 18 heteroatoms. The molecule has 6 atom stereocenters. The van der Waals surface area contributed by atoms with Gasteiger partial charge in [0.2, 0.25) is 11.8 Å². The van der Waals surface area contributed by atoms with Gasteiger partial charge in [0.15, 0.2) is 0 Å². The highest BCUT2D eigenvalue weighted by atomic mass is 35.5. The number of halogens is 4. The molecule has 262 valence electrons. The highest BCUT2D eigenvalue weighted by Gasteiger charge is 2.73. The predicted molar refractivity (Wildman–Crippen MR) is 188 cm³/mol. The van der Waals surface area contributed by atoms with Crippen LogP contribution in [0, 0.1) is 32.1 Å². The maximum atomic E-state index is 14.6. The van der Waals surface area contributed by atoms with E-state index < -0.39 is 69.5 Å². The van der Waals surface area contributed by atoms with E-state index >= 15 is 0 Å². The number of amides is 4. The summed E-state index contributed by atoms with van der Waals surface area (Å²) in [5.41, 5.74) is 0.0106. The third kappa shape index (κ3) is 4.94. The van der Waals surface area contributed by atoms with Gasteiger partial charge in [-0.3, -0.25) is 39.4 Å². The van der Waals surface area contributed by atoms with Gasteiger partial charge in [0, 0.05) is 24.3 Å². The van der Waals surface area contributed by atoms with Crippen molar-refractivity contribution in [1.29, 1.82) is 0 Å². The summed E-state index contributed by atoms with van der Waals surface area (Å²) in [6.07, 6.45) is 0. The number of imide groups is 2. The zero-order chi connectivity index (χ0) is 36.9. The van der Waals surface area contributed by atoms with Crippen molar-refractivity contribution in [2.75, 3.05) is 9.80 Å². The Labute approximate surface area is 312 Å². The minimum atomic E-state index is -1.36. The number of non-ortho nitro benzene ring substituents is 2. The van der Waals surface area contributed by atoms with Crippen molar-refractivity contribution < 1.29 is 29.0 Å². The van der Waals surface area contributed by atoms with Gasteiger partial charge < -0.3 is 0 Å². The molecule has 4 amide bonds. The first kappa shape index (κ1) is 34.1. The van der Waals surface area contributed by atoms with Gasteiger partial charge in [0.25, 0.3) is 23.2 Å². The summed E-state index contributed by atoms with van der Waals surface area (Å²) in [5, 5.41) is 27.3. The van der Waals surface area contributed by atoms with E-state index in [0.717, 1.165) is 9.80 Å². The van der Waals surface area contributed by atoms with Crippen LogP contribution in [0.15, 0.2) is 84.9 Å². The lowest BCUT2D eigenvalue weighted by Gasteiger charge is -2.35. The van der Waals surface area contributed by atoms with Gasteiger partial charge in [-0.25, -0.2) is 19.8 Å². The molecule has 0 N–H and O–H groups in total. The standard InChI is InChI=1S/C34H20Cl4N6O8/c35-21-9-7-17(13-23(21)37)39-31(45)25-27(15-3-1-5-19(11-15)43(49)50)41-30-26(32(46)40(34(30)48)18-8-10-22(36)24(38)14-18)28(42(41)29(25)33(39)47)16-4-2-6-20(12-16)44(51)52/h1-14,25-30H. The van der Waals surface area contributed by atoms with Crippen LogP contribution in [0.1, 0.15) is 23.2 Å². The van der Waals surface area contributed by atoms with E-state index in [2.05, 4.69) is 0 Å². The van der Waals surface area contributed by atoms with Crippen LogP contribution >= 0.6 is 46.4 Å². The first-order chi connectivity index (χ1) is 24.8. The highest BCUT2D eigenvalue weighted by Crippen LogP contribution is 2.60. The molecular formula is C34H20Cl4N6O8. The van der Waals surface area contributed by atoms with Crippen molar-refractivity contribution in [2.45, 2.75) is 24.2 Å². The largest absolute Gasteiger partial charge is 0.274 e. The lowest BCUT2D eigenvalue weighted by Crippen LogP contribution is -2.50. The molecule has 14 nitrogen and oxygen atoms in total. The van der Waals surface area contributed by atoms with Crippen LogP contribution < -0.4 is 9.80 Å². The molecule has 4 saturated heterocycles. The second-order valence-corrected chi connectivity index (χ2v) is 14.1. The van der Waals surface area contributed by atoms with Crippen molar-refractivity contribution in [3.05, 3.63) is 136 Å². The molecule has 4 fully saturated rings. The molecule has 4 heterocycles. The van der Waals surface area contributed by atoms with Gasteiger partial charge in [-0.05, 0) is 47.5 Å². The minimum absolute atomic E-state index is 0.0671. The maximum Gasteiger partial charge on any atom is 0.269 e. The topological polar surface area (TPSA) is 168 Å². The fourth-order valence-corrected chi connectivity index (χ4v) is 8.48. The number of hydrogen-bond acceptors (Lipinski definition) is 10. The lowest BCUT2D eigenvalue weighted by atomic mass is 9.84. The van der Waals surface area contributed by atoms with Crippen LogP contribution in [0.5, 0.6) is 0 Å². The summed E-state index contributed by atoms with van der Waals surface area (Å²) in [7, 11) is 0. The van der Waals surface area contributed by atoms with E-state index in [9.17, 15) is 39.4 Å². The van der Waals surface area contributed by atoms with Crippen molar-refractivity contribution in [3.8, 4) is 0 Å². The molecule has 8 rings (SSSR count). The number of carbonyl (C=O) groups is 4. The van der Waals surface area contributed by atoms with Crippen LogP contribution in [0.3, 0.4) is 0 Å². The Morgan fingerprint density at radius 2 is 0.865 bits per heavy atom. The van der Waals surface area contributed by atoms with Gasteiger partial charge in [0.05, 0.1) is 65.2 Å². The lowest BCUT2D eigenvalue weighted by molar-refractivity contribution is -0.385. The van der Waals surface area contributed by atoms with Gasteiger partial charge in [0.1, 0.15) is 12.1 Å². The Kier molecular flexibility index (Phi) is 8.09. The summed E-state index contributed by atoms with van der Waals surface area (Å²) < 4.78 is 0. The van der Waals surface area contributed by atoms with E-state index in [1.165, 1.54) is 94.9 Å². The fourth-order valence-electron chi connectivity index (χ4n) is 7.90. The van der Waals surface area contributed by atoms with E-state index in [4.69, 9.17) is 46.4 Å². The molecule has 0 bridgehead atoms. The average Bonchev–Trinajstić information content (AvgIpc) is 3.78. The zero-order valence-electron chi connectivity index (χ0n) is 26.0. The minimum Gasteiger partial charge on any atom is -0.274 e. The smallest absolute Gasteiger partial charge is 0.269 e. The van der Waals surface area contributed by atoms with Crippen LogP contribution in [-0.2, 0) is 19.2 Å². The maximum absolute atomic E-state index is 14.6. The molecule has 4 aliphatic rings. The first-order valence-corrected chi connectivity index (χ1v) is 17.0. The monoisotopic (exact) mass is 780 g/mol. The molecule has 0 spiro atoms. The molecule has 4 aromatic rings. The van der Waals surface area contributed by atoms with Crippen molar-refractivity contribution in [2.24, 2.45) is 11.8 Å². The van der Waals surface area contributed by atoms with Crippen molar-refractivity contribution in [3.63, 3.8) is 0 Å². The summed E-state index contributed by atoms with van der Waals surface area (Å²) in [5.74, 6) is -5.41. The Morgan fingerprint density at radius 1 is 0.481 bits per heavy atom. The third-order valence-electron chi connectivity index (χ3n) is 9.89. The number of rotatable bonds is 6. The van der Waals surface area contributed by atoms with Gasteiger partial charge in [-0.1, -0.05) is 70.7 Å². The molecule has 4 aliphatic heterocycles. The SMILES string of the molecule is O=C1C2C(C(=O)N1c1ccc(Cl)c(Cl)c1)N1C(c3cccc([N+](=O)[O-])c3)C3C(=O)N(c4ccc(Cl)c(Cl)c4)C(=O)C3N1C2c1cccc([N+](=O)[O-])c1. The number of anilines is 2. The molecule has 0 saturated carbocycles. The Balaban J connectivity index is 1.36. The quantitative estimate of drug-likeness (QED) is 0.119. The molecule has 6 unspecified atom stereocenters. The number of nitrogens with zero attached hydrogens (tertiary/aromatic N) is 6. The zero-order valence-corrected chi connectivity index (χ0v) is 29.0. The number of hydrogen-bond donors (Lipinski definition) is 0. The molecule has 0 aromatic heterocycles. The summed E-state index contributed by atoms with van der Waals surface area (Å²) in [4.78, 5) is 82.9. The average molecular weight is 782 g/mol. The second-order valence-electron chi connectivity index (χ2n) is 12.5. The van der Waals surface area contributed by atoms with Gasteiger partial charge in [-0.15, -0.1) is 0 Å². The second kappa shape index (κ2) is 12.3. The normalized spacial score (nSPS) is 25.5. The van der Waals surface area contributed by atoms with Crippen LogP contribution in [-0.4, -0.2) is 55.6 Å². The molecule has 52 heavy (non-hydrogen) atoms. The number of benzene rings is 4.